The normalized spacial score (nSPS) is 11.0. The van der Waals surface area contributed by atoms with Gasteiger partial charge in [-0.2, -0.15) is 4.36 Å². The van der Waals surface area contributed by atoms with Crippen LogP contribution in [0.4, 0.5) is 27.1 Å². The van der Waals surface area contributed by atoms with Gasteiger partial charge in [0.2, 0.25) is 0 Å². The van der Waals surface area contributed by atoms with Crippen molar-refractivity contribution in [2.24, 2.45) is 4.36 Å². The fraction of sp³-hybridized carbons (Fsp3) is 0.0667. The summed E-state index contributed by atoms with van der Waals surface area (Å²) in [6.45, 7) is 3.92. The van der Waals surface area contributed by atoms with Crippen molar-refractivity contribution in [3.63, 3.8) is 0 Å². The zero-order valence-electron chi connectivity index (χ0n) is 20.4. The smallest absolute Gasteiger partial charge is 0.131 e. The lowest BCUT2D eigenvalue weighted by Gasteiger charge is -2.18. The first-order valence-electron chi connectivity index (χ1n) is 11.7. The molecule has 4 aromatic carbocycles. The third-order valence-corrected chi connectivity index (χ3v) is 7.81. The average Bonchev–Trinajstić information content (AvgIpc) is 3.37. The van der Waals surface area contributed by atoms with Crippen LogP contribution < -0.4 is 17.2 Å². The Balaban J connectivity index is 1.58. The first-order chi connectivity index (χ1) is 17.8. The Morgan fingerprint density at radius 1 is 0.649 bits per heavy atom. The van der Waals surface area contributed by atoms with Crippen LogP contribution in [0.3, 0.4) is 0 Å². The number of thiophene rings is 1. The summed E-state index contributed by atoms with van der Waals surface area (Å²) < 4.78 is 18.6. The fourth-order valence-electron chi connectivity index (χ4n) is 4.47. The molecule has 5 aromatic rings. The largest absolute Gasteiger partial charge is 0.396 e. The molecule has 7 heteroatoms. The highest BCUT2D eigenvalue weighted by Crippen LogP contribution is 2.51. The Morgan fingerprint density at radius 2 is 1.22 bits per heavy atom. The van der Waals surface area contributed by atoms with E-state index in [1.54, 1.807) is 17.4 Å². The molecular weight excluding hydrogens is 499 g/mol. The van der Waals surface area contributed by atoms with Crippen LogP contribution in [0.25, 0.3) is 43.1 Å². The van der Waals surface area contributed by atoms with Gasteiger partial charge in [-0.1, -0.05) is 66.2 Å². The molecular formula is C30H25FN4S2. The molecule has 0 spiro atoms. The van der Waals surface area contributed by atoms with Gasteiger partial charge in [-0.15, -0.1) is 11.3 Å². The highest BCUT2D eigenvalue weighted by Gasteiger charge is 2.23. The van der Waals surface area contributed by atoms with Crippen molar-refractivity contribution in [2.75, 3.05) is 17.2 Å². The fourth-order valence-corrected chi connectivity index (χ4v) is 5.73. The van der Waals surface area contributed by atoms with Crippen LogP contribution in [0.1, 0.15) is 11.1 Å². The van der Waals surface area contributed by atoms with Crippen LogP contribution in [-0.4, -0.2) is 0 Å². The second-order valence-electron chi connectivity index (χ2n) is 9.02. The number of nitrogens with two attached hydrogens (primary N) is 3. The molecule has 184 valence electrons. The minimum atomic E-state index is -0.270. The molecule has 0 aliphatic heterocycles. The number of aryl methyl sites for hydroxylation is 2. The number of hydrogen-bond donors (Lipinski definition) is 3. The number of benzene rings is 4. The van der Waals surface area contributed by atoms with Crippen molar-refractivity contribution in [1.82, 2.24) is 0 Å². The van der Waals surface area contributed by atoms with Gasteiger partial charge in [0.1, 0.15) is 11.5 Å². The maximum atomic E-state index is 14.5. The molecule has 0 aliphatic rings. The predicted molar refractivity (Wildman–Crippen MR) is 158 cm³/mol. The molecule has 0 bridgehead atoms. The Bertz CT molecular complexity index is 1640. The zero-order chi connectivity index (χ0) is 26.3. The average molecular weight is 525 g/mol. The summed E-state index contributed by atoms with van der Waals surface area (Å²) in [6, 6.07) is 24.9. The summed E-state index contributed by atoms with van der Waals surface area (Å²) in [5.41, 5.74) is 27.7. The van der Waals surface area contributed by atoms with Crippen molar-refractivity contribution in [2.45, 2.75) is 13.8 Å². The Labute approximate surface area is 224 Å². The molecule has 1 heterocycles. The first kappa shape index (κ1) is 24.6. The van der Waals surface area contributed by atoms with Gasteiger partial charge in [0.15, 0.2) is 0 Å². The summed E-state index contributed by atoms with van der Waals surface area (Å²) in [5, 5.41) is 0. The lowest BCUT2D eigenvalue weighted by molar-refractivity contribution is 0.630. The molecule has 0 saturated carbocycles. The van der Waals surface area contributed by atoms with Crippen LogP contribution >= 0.6 is 11.3 Å². The van der Waals surface area contributed by atoms with Crippen LogP contribution in [0.2, 0.25) is 0 Å². The van der Waals surface area contributed by atoms with Crippen LogP contribution in [-0.2, 0) is 12.4 Å². The van der Waals surface area contributed by atoms with E-state index in [4.69, 9.17) is 29.6 Å². The summed E-state index contributed by atoms with van der Waals surface area (Å²) in [7, 11) is 0. The van der Waals surface area contributed by atoms with Gasteiger partial charge in [-0.05, 0) is 54.3 Å². The van der Waals surface area contributed by atoms with Crippen molar-refractivity contribution >= 4 is 46.5 Å². The Morgan fingerprint density at radius 3 is 1.86 bits per heavy atom. The van der Waals surface area contributed by atoms with Crippen LogP contribution in [0.15, 0.2) is 83.2 Å². The van der Waals surface area contributed by atoms with E-state index in [2.05, 4.69) is 35.6 Å². The van der Waals surface area contributed by atoms with E-state index in [9.17, 15) is 4.39 Å². The highest BCUT2D eigenvalue weighted by molar-refractivity contribution is 7.47. The van der Waals surface area contributed by atoms with E-state index < -0.39 is 0 Å². The highest BCUT2D eigenvalue weighted by atomic mass is 32.1. The number of nitrogens with zero attached hydrogens (tertiary/aromatic N) is 1. The van der Waals surface area contributed by atoms with Crippen LogP contribution in [0, 0.1) is 19.7 Å². The lowest BCUT2D eigenvalue weighted by atomic mass is 9.93. The SMILES string of the molecule is Cc1ccc(-c2ccc(-c3c(N)c(N)c(-c4ccc(-c5ccc(C)cc5F)cc4)c(N)c3N=S)s2)cc1. The molecule has 0 aliphatic carbocycles. The summed E-state index contributed by atoms with van der Waals surface area (Å²) in [4.78, 5) is 1.97. The van der Waals surface area contributed by atoms with Gasteiger partial charge in [-0.3, -0.25) is 0 Å². The van der Waals surface area contributed by atoms with E-state index in [0.717, 1.165) is 32.0 Å². The summed E-state index contributed by atoms with van der Waals surface area (Å²) in [5.74, 6) is -0.270. The maximum Gasteiger partial charge on any atom is 0.131 e. The minimum Gasteiger partial charge on any atom is -0.396 e. The van der Waals surface area contributed by atoms with Crippen molar-refractivity contribution in [3.8, 4) is 43.1 Å². The minimum absolute atomic E-state index is 0.270. The number of nitrogen functional groups attached to an aromatic ring is 3. The molecule has 0 amide bonds. The predicted octanol–water partition coefficient (Wildman–Crippen LogP) is 8.28. The molecule has 0 saturated heterocycles. The van der Waals surface area contributed by atoms with Crippen molar-refractivity contribution < 1.29 is 4.39 Å². The molecule has 4 nitrogen and oxygen atoms in total. The lowest BCUT2D eigenvalue weighted by Crippen LogP contribution is -2.04. The maximum absolute atomic E-state index is 14.5. The van der Waals surface area contributed by atoms with E-state index >= 15 is 0 Å². The van der Waals surface area contributed by atoms with Crippen molar-refractivity contribution in [1.29, 1.82) is 0 Å². The monoisotopic (exact) mass is 524 g/mol. The standard InChI is InChI=1S/C30H25FN4S2/c1-16-3-6-19(7-4-16)23-13-14-24(37-23)26-28(33)27(32)25(29(34)30(26)35-36)20-10-8-18(9-11-20)21-12-5-17(2)15-22(21)31/h3-15H,32-34H2,1-2H3. The molecule has 0 unspecified atom stereocenters. The molecule has 1 aromatic heterocycles. The number of halogens is 1. The first-order valence-corrected chi connectivity index (χ1v) is 12.8. The van der Waals surface area contributed by atoms with Gasteiger partial charge in [-0.25, -0.2) is 4.39 Å². The Hall–Kier alpha value is -4.07. The zero-order valence-corrected chi connectivity index (χ0v) is 22.0. The van der Waals surface area contributed by atoms with Gasteiger partial charge < -0.3 is 17.2 Å². The van der Waals surface area contributed by atoms with Crippen LogP contribution in [0.5, 0.6) is 0 Å². The van der Waals surface area contributed by atoms with E-state index in [0.29, 0.717) is 39.4 Å². The third-order valence-electron chi connectivity index (χ3n) is 6.48. The topological polar surface area (TPSA) is 90.4 Å². The second-order valence-corrected chi connectivity index (χ2v) is 10.3. The van der Waals surface area contributed by atoms with Gasteiger partial charge in [0, 0.05) is 38.9 Å². The quantitative estimate of drug-likeness (QED) is 0.202. The molecule has 5 rings (SSSR count). The molecule has 37 heavy (non-hydrogen) atoms. The second kappa shape index (κ2) is 9.76. The van der Waals surface area contributed by atoms with E-state index in [1.165, 1.54) is 11.6 Å². The molecule has 0 atom stereocenters. The number of hydrogen-bond acceptors (Lipinski definition) is 6. The molecule has 6 N–H and O–H groups in total. The van der Waals surface area contributed by atoms with Gasteiger partial charge in [0.05, 0.1) is 17.1 Å². The summed E-state index contributed by atoms with van der Waals surface area (Å²) in [6.07, 6.45) is 0. The molecule has 0 radical (unpaired) electrons. The van der Waals surface area contributed by atoms with E-state index in [-0.39, 0.29) is 5.82 Å². The van der Waals surface area contributed by atoms with E-state index in [1.807, 2.05) is 49.4 Å². The Kier molecular flexibility index (Phi) is 6.50. The van der Waals surface area contributed by atoms with Gasteiger partial charge in [0.25, 0.3) is 0 Å². The van der Waals surface area contributed by atoms with Crippen molar-refractivity contribution in [3.05, 3.63) is 95.8 Å². The number of anilines is 3. The number of rotatable bonds is 5. The molecule has 0 fully saturated rings. The van der Waals surface area contributed by atoms with Gasteiger partial charge >= 0.3 is 0 Å². The summed E-state index contributed by atoms with van der Waals surface area (Å²) >= 11 is 6.72. The third kappa shape index (κ3) is 4.48.